The van der Waals surface area contributed by atoms with Gasteiger partial charge in [0.05, 0.1) is 0 Å². The third-order valence-corrected chi connectivity index (χ3v) is 7.34. The first kappa shape index (κ1) is 12.9. The van der Waals surface area contributed by atoms with E-state index in [-0.39, 0.29) is 5.04 Å². The van der Waals surface area contributed by atoms with Gasteiger partial charge in [0.15, 0.2) is 0 Å². The Labute approximate surface area is 84.3 Å². The molecule has 2 heteroatoms. The Kier molecular flexibility index (Phi) is 4.93. The molecular formula is C11H24OSi. The van der Waals surface area contributed by atoms with Gasteiger partial charge in [-0.1, -0.05) is 39.8 Å². The van der Waals surface area contributed by atoms with Crippen molar-refractivity contribution in [3.8, 4) is 0 Å². The van der Waals surface area contributed by atoms with Crippen LogP contribution in [0, 0.1) is 0 Å². The average molecular weight is 200 g/mol. The molecule has 1 nitrogen and oxygen atoms in total. The SMILES string of the molecule is C=C[Si](C)(OCCCC)C(C)(C)C. The summed E-state index contributed by atoms with van der Waals surface area (Å²) in [5, 5.41) is 0.252. The summed E-state index contributed by atoms with van der Waals surface area (Å²) in [5.41, 5.74) is 2.06. The number of hydrogen-bond acceptors (Lipinski definition) is 1. The highest BCUT2D eigenvalue weighted by molar-refractivity contribution is 6.80. The first-order valence-electron chi connectivity index (χ1n) is 5.15. The van der Waals surface area contributed by atoms with Crippen molar-refractivity contribution >= 4 is 8.32 Å². The summed E-state index contributed by atoms with van der Waals surface area (Å²) in [6, 6.07) is 0. The largest absolute Gasteiger partial charge is 0.413 e. The molecule has 1 atom stereocenters. The molecule has 0 fully saturated rings. The minimum atomic E-state index is -1.70. The van der Waals surface area contributed by atoms with Gasteiger partial charge in [-0.05, 0) is 18.0 Å². The number of hydrogen-bond donors (Lipinski definition) is 0. The van der Waals surface area contributed by atoms with Crippen molar-refractivity contribution < 1.29 is 4.43 Å². The Bertz CT molecular complexity index is 160. The van der Waals surface area contributed by atoms with E-state index in [0.29, 0.717) is 0 Å². The van der Waals surface area contributed by atoms with Crippen LogP contribution < -0.4 is 0 Å². The Morgan fingerprint density at radius 3 is 2.23 bits per heavy atom. The topological polar surface area (TPSA) is 9.23 Å². The fraction of sp³-hybridized carbons (Fsp3) is 0.818. The lowest BCUT2D eigenvalue weighted by Crippen LogP contribution is -2.42. The molecule has 0 aliphatic heterocycles. The highest BCUT2D eigenvalue weighted by atomic mass is 28.4. The Hall–Kier alpha value is -0.0831. The standard InChI is InChI=1S/C11H24OSi/c1-7-9-10-12-13(6,8-2)11(3,4)5/h8H,2,7,9-10H2,1,3-6H3. The average Bonchev–Trinajstić information content (AvgIpc) is 2.02. The second-order valence-electron chi connectivity index (χ2n) is 4.76. The molecule has 0 bridgehead atoms. The van der Waals surface area contributed by atoms with Crippen molar-refractivity contribution in [3.05, 3.63) is 12.3 Å². The lowest BCUT2D eigenvalue weighted by Gasteiger charge is -2.36. The van der Waals surface area contributed by atoms with E-state index in [0.717, 1.165) is 13.0 Å². The van der Waals surface area contributed by atoms with E-state index in [9.17, 15) is 0 Å². The van der Waals surface area contributed by atoms with Crippen LogP contribution in [0.3, 0.4) is 0 Å². The van der Waals surface area contributed by atoms with Crippen molar-refractivity contribution in [2.75, 3.05) is 6.61 Å². The molecule has 0 aliphatic carbocycles. The van der Waals surface area contributed by atoms with Crippen LogP contribution in [0.2, 0.25) is 11.6 Å². The molecule has 13 heavy (non-hydrogen) atoms. The second-order valence-corrected chi connectivity index (χ2v) is 9.17. The third kappa shape index (κ3) is 3.65. The van der Waals surface area contributed by atoms with Gasteiger partial charge in [0.25, 0.3) is 0 Å². The van der Waals surface area contributed by atoms with Crippen LogP contribution in [0.15, 0.2) is 12.3 Å². The molecular weight excluding hydrogens is 176 g/mol. The van der Waals surface area contributed by atoms with Gasteiger partial charge in [0, 0.05) is 6.61 Å². The molecule has 0 rings (SSSR count). The molecule has 0 heterocycles. The summed E-state index contributed by atoms with van der Waals surface area (Å²) in [7, 11) is -1.70. The Morgan fingerprint density at radius 2 is 1.92 bits per heavy atom. The molecule has 1 unspecified atom stereocenters. The zero-order valence-corrected chi connectivity index (χ0v) is 10.8. The molecule has 0 aromatic carbocycles. The predicted octanol–water partition coefficient (Wildman–Crippen LogP) is 3.90. The van der Waals surface area contributed by atoms with Gasteiger partial charge < -0.3 is 4.43 Å². The molecule has 0 aromatic rings. The van der Waals surface area contributed by atoms with Crippen LogP contribution in [0.5, 0.6) is 0 Å². The Balaban J connectivity index is 4.21. The molecule has 0 aromatic heterocycles. The monoisotopic (exact) mass is 200 g/mol. The molecule has 0 radical (unpaired) electrons. The first-order chi connectivity index (χ1) is 5.87. The quantitative estimate of drug-likeness (QED) is 0.483. The third-order valence-electron chi connectivity index (χ3n) is 2.78. The van der Waals surface area contributed by atoms with Gasteiger partial charge in [-0.2, -0.15) is 0 Å². The van der Waals surface area contributed by atoms with E-state index < -0.39 is 8.32 Å². The van der Waals surface area contributed by atoms with Crippen molar-refractivity contribution in [2.45, 2.75) is 52.1 Å². The summed E-state index contributed by atoms with van der Waals surface area (Å²) in [6.45, 7) is 16.0. The zero-order chi connectivity index (χ0) is 10.5. The van der Waals surface area contributed by atoms with Gasteiger partial charge in [-0.3, -0.25) is 0 Å². The molecule has 0 saturated heterocycles. The molecule has 0 spiro atoms. The minimum absolute atomic E-state index is 0.252. The van der Waals surface area contributed by atoms with Crippen molar-refractivity contribution in [1.29, 1.82) is 0 Å². The van der Waals surface area contributed by atoms with Crippen LogP contribution in [0.25, 0.3) is 0 Å². The summed E-state index contributed by atoms with van der Waals surface area (Å²) < 4.78 is 6.00. The fourth-order valence-electron chi connectivity index (χ4n) is 1.01. The van der Waals surface area contributed by atoms with E-state index in [1.54, 1.807) is 0 Å². The van der Waals surface area contributed by atoms with Gasteiger partial charge in [0.1, 0.15) is 0 Å². The van der Waals surface area contributed by atoms with E-state index in [2.05, 4.69) is 46.5 Å². The lowest BCUT2D eigenvalue weighted by atomic mass is 10.2. The zero-order valence-electron chi connectivity index (χ0n) is 9.81. The Morgan fingerprint density at radius 1 is 1.38 bits per heavy atom. The van der Waals surface area contributed by atoms with Crippen LogP contribution in [-0.2, 0) is 4.43 Å². The minimum Gasteiger partial charge on any atom is -0.413 e. The molecule has 0 saturated carbocycles. The van der Waals surface area contributed by atoms with Crippen molar-refractivity contribution in [2.24, 2.45) is 0 Å². The molecule has 0 N–H and O–H groups in total. The van der Waals surface area contributed by atoms with Crippen LogP contribution in [0.4, 0.5) is 0 Å². The smallest absolute Gasteiger partial charge is 0.218 e. The summed E-state index contributed by atoms with van der Waals surface area (Å²) in [4.78, 5) is 0. The molecule has 78 valence electrons. The van der Waals surface area contributed by atoms with E-state index in [1.165, 1.54) is 6.42 Å². The fourth-order valence-corrected chi connectivity index (χ4v) is 2.74. The molecule has 0 amide bonds. The first-order valence-corrected chi connectivity index (χ1v) is 7.63. The highest BCUT2D eigenvalue weighted by Crippen LogP contribution is 2.37. The van der Waals surface area contributed by atoms with Crippen molar-refractivity contribution in [1.82, 2.24) is 0 Å². The molecule has 0 aliphatic rings. The van der Waals surface area contributed by atoms with Gasteiger partial charge in [0.2, 0.25) is 8.32 Å². The van der Waals surface area contributed by atoms with E-state index >= 15 is 0 Å². The summed E-state index contributed by atoms with van der Waals surface area (Å²) in [6.07, 6.45) is 2.36. The highest BCUT2D eigenvalue weighted by Gasteiger charge is 2.38. The van der Waals surface area contributed by atoms with Gasteiger partial charge in [-0.15, -0.1) is 6.58 Å². The normalized spacial score (nSPS) is 16.7. The van der Waals surface area contributed by atoms with Gasteiger partial charge >= 0.3 is 0 Å². The van der Waals surface area contributed by atoms with E-state index in [4.69, 9.17) is 4.43 Å². The van der Waals surface area contributed by atoms with Crippen LogP contribution in [0.1, 0.15) is 40.5 Å². The summed E-state index contributed by atoms with van der Waals surface area (Å²) in [5.74, 6) is 0. The maximum atomic E-state index is 6.00. The maximum absolute atomic E-state index is 6.00. The summed E-state index contributed by atoms with van der Waals surface area (Å²) >= 11 is 0. The maximum Gasteiger partial charge on any atom is 0.218 e. The van der Waals surface area contributed by atoms with Crippen LogP contribution >= 0.6 is 0 Å². The van der Waals surface area contributed by atoms with E-state index in [1.807, 2.05) is 0 Å². The number of rotatable bonds is 5. The van der Waals surface area contributed by atoms with Crippen molar-refractivity contribution in [3.63, 3.8) is 0 Å². The van der Waals surface area contributed by atoms with Crippen LogP contribution in [-0.4, -0.2) is 14.9 Å². The van der Waals surface area contributed by atoms with Gasteiger partial charge in [-0.25, -0.2) is 0 Å². The lowest BCUT2D eigenvalue weighted by molar-refractivity contribution is 0.285. The second kappa shape index (κ2) is 4.96. The predicted molar refractivity (Wildman–Crippen MR) is 62.4 cm³/mol. The number of unbranched alkanes of at least 4 members (excludes halogenated alkanes) is 1.